The Morgan fingerprint density at radius 3 is 2.45 bits per heavy atom. The number of benzene rings is 2. The number of aromatic amines is 1. The first kappa shape index (κ1) is 21.8. The van der Waals surface area contributed by atoms with Crippen LogP contribution in [0.4, 0.5) is 5.69 Å². The molecule has 1 unspecified atom stereocenters. The van der Waals surface area contributed by atoms with Crippen molar-refractivity contribution in [2.45, 2.75) is 32.2 Å². The third kappa shape index (κ3) is 6.03. The number of nitrogens with one attached hydrogen (secondary N) is 2. The monoisotopic (exact) mass is 415 g/mol. The van der Waals surface area contributed by atoms with Gasteiger partial charge in [0.15, 0.2) is 0 Å². The van der Waals surface area contributed by atoms with Crippen LogP contribution < -0.4 is 10.2 Å². The predicted octanol–water partition coefficient (Wildman–Crippen LogP) is 3.98. The van der Waals surface area contributed by atoms with Gasteiger partial charge in [-0.3, -0.25) is 9.59 Å². The lowest BCUT2D eigenvalue weighted by Crippen LogP contribution is -2.33. The lowest BCUT2D eigenvalue weighted by Gasteiger charge is -2.22. The molecule has 3 aromatic rings. The number of hydrogen-bond donors (Lipinski definition) is 2. The molecule has 0 aliphatic carbocycles. The highest BCUT2D eigenvalue weighted by molar-refractivity contribution is 5.95. The van der Waals surface area contributed by atoms with E-state index in [1.54, 1.807) is 11.1 Å². The van der Waals surface area contributed by atoms with Crippen LogP contribution in [0.15, 0.2) is 66.9 Å². The quantitative estimate of drug-likeness (QED) is 0.552. The van der Waals surface area contributed by atoms with Gasteiger partial charge in [0.25, 0.3) is 0 Å². The molecule has 1 atom stereocenters. The highest BCUT2D eigenvalue weighted by atomic mass is 16.2. The SMILES string of the molecule is CC(NC(=O)CCC(=O)N(CCC#N)c1ccccc1)c1ncc(-c2ccccc2)[nH]1. The summed E-state index contributed by atoms with van der Waals surface area (Å²) in [5.74, 6) is 0.235. The van der Waals surface area contributed by atoms with E-state index in [9.17, 15) is 9.59 Å². The van der Waals surface area contributed by atoms with Crippen molar-refractivity contribution in [3.63, 3.8) is 0 Å². The second-order valence-electron chi connectivity index (χ2n) is 7.13. The molecule has 2 aromatic carbocycles. The molecule has 0 bridgehead atoms. The van der Waals surface area contributed by atoms with E-state index in [1.807, 2.05) is 67.6 Å². The number of imidazole rings is 1. The fraction of sp³-hybridized carbons (Fsp3) is 0.250. The number of para-hydroxylation sites is 1. The zero-order chi connectivity index (χ0) is 22.1. The van der Waals surface area contributed by atoms with Gasteiger partial charge in [-0.2, -0.15) is 5.26 Å². The van der Waals surface area contributed by atoms with Crippen molar-refractivity contribution in [1.29, 1.82) is 5.26 Å². The van der Waals surface area contributed by atoms with Crippen LogP contribution in [0.3, 0.4) is 0 Å². The van der Waals surface area contributed by atoms with Crippen LogP contribution in [-0.2, 0) is 9.59 Å². The van der Waals surface area contributed by atoms with E-state index in [1.165, 1.54) is 0 Å². The van der Waals surface area contributed by atoms with Gasteiger partial charge in [-0.15, -0.1) is 0 Å². The Labute approximate surface area is 181 Å². The highest BCUT2D eigenvalue weighted by Crippen LogP contribution is 2.19. The standard InChI is InChI=1S/C24H25N5O2/c1-18(24-26-17-21(28-24)19-9-4-2-5-10-19)27-22(30)13-14-23(31)29(16-8-15-25)20-11-6-3-7-12-20/h2-7,9-12,17-18H,8,13-14,16H2,1H3,(H,26,28)(H,27,30). The predicted molar refractivity (Wildman–Crippen MR) is 119 cm³/mol. The van der Waals surface area contributed by atoms with Gasteiger partial charge >= 0.3 is 0 Å². The summed E-state index contributed by atoms with van der Waals surface area (Å²) >= 11 is 0. The van der Waals surface area contributed by atoms with Gasteiger partial charge in [0.2, 0.25) is 11.8 Å². The molecule has 0 saturated carbocycles. The van der Waals surface area contributed by atoms with Gasteiger partial charge in [-0.25, -0.2) is 4.98 Å². The van der Waals surface area contributed by atoms with E-state index in [0.29, 0.717) is 12.4 Å². The van der Waals surface area contributed by atoms with Crippen LogP contribution in [0.1, 0.15) is 38.1 Å². The zero-order valence-corrected chi connectivity index (χ0v) is 17.4. The number of anilines is 1. The van der Waals surface area contributed by atoms with Crippen LogP contribution >= 0.6 is 0 Å². The fourth-order valence-corrected chi connectivity index (χ4v) is 3.23. The first-order chi connectivity index (χ1) is 15.1. The largest absolute Gasteiger partial charge is 0.346 e. The Morgan fingerprint density at radius 2 is 1.77 bits per heavy atom. The average Bonchev–Trinajstić information content (AvgIpc) is 3.30. The Balaban J connectivity index is 1.54. The third-order valence-corrected chi connectivity index (χ3v) is 4.85. The van der Waals surface area contributed by atoms with E-state index in [4.69, 9.17) is 5.26 Å². The second-order valence-corrected chi connectivity index (χ2v) is 7.13. The first-order valence-corrected chi connectivity index (χ1v) is 10.2. The van der Waals surface area contributed by atoms with E-state index < -0.39 is 0 Å². The molecule has 2 N–H and O–H groups in total. The van der Waals surface area contributed by atoms with Crippen LogP contribution in [0.25, 0.3) is 11.3 Å². The van der Waals surface area contributed by atoms with Crippen molar-refractivity contribution in [3.8, 4) is 17.3 Å². The molecule has 7 heteroatoms. The molecule has 0 fully saturated rings. The Morgan fingerprint density at radius 1 is 1.10 bits per heavy atom. The van der Waals surface area contributed by atoms with Crippen molar-refractivity contribution in [2.24, 2.45) is 0 Å². The van der Waals surface area contributed by atoms with Crippen LogP contribution in [0, 0.1) is 11.3 Å². The number of carbonyl (C=O) groups is 2. The molecule has 1 aromatic heterocycles. The third-order valence-electron chi connectivity index (χ3n) is 4.85. The molecule has 0 saturated heterocycles. The smallest absolute Gasteiger partial charge is 0.227 e. The molecule has 0 radical (unpaired) electrons. The zero-order valence-electron chi connectivity index (χ0n) is 17.4. The first-order valence-electron chi connectivity index (χ1n) is 10.2. The summed E-state index contributed by atoms with van der Waals surface area (Å²) in [5.41, 5.74) is 2.62. The lowest BCUT2D eigenvalue weighted by molar-refractivity contribution is -0.125. The van der Waals surface area contributed by atoms with Gasteiger partial charge in [0.05, 0.1) is 30.4 Å². The van der Waals surface area contributed by atoms with Gasteiger partial charge < -0.3 is 15.2 Å². The maximum absolute atomic E-state index is 12.7. The average molecular weight is 415 g/mol. The topological polar surface area (TPSA) is 102 Å². The van der Waals surface area contributed by atoms with Gasteiger partial charge in [-0.05, 0) is 24.6 Å². The summed E-state index contributed by atoms with van der Waals surface area (Å²) < 4.78 is 0. The van der Waals surface area contributed by atoms with Crippen molar-refractivity contribution < 1.29 is 9.59 Å². The van der Waals surface area contributed by atoms with Crippen molar-refractivity contribution >= 4 is 17.5 Å². The number of carbonyl (C=O) groups excluding carboxylic acids is 2. The minimum absolute atomic E-state index is 0.0608. The molecule has 0 aliphatic rings. The van der Waals surface area contributed by atoms with E-state index >= 15 is 0 Å². The van der Waals surface area contributed by atoms with Crippen molar-refractivity contribution in [2.75, 3.05) is 11.4 Å². The Kier molecular flexibility index (Phi) is 7.55. The molecule has 0 spiro atoms. The maximum Gasteiger partial charge on any atom is 0.227 e. The van der Waals surface area contributed by atoms with Gasteiger partial charge in [0.1, 0.15) is 5.82 Å². The molecule has 1 heterocycles. The molecule has 3 rings (SSSR count). The number of rotatable bonds is 9. The maximum atomic E-state index is 12.7. The van der Waals surface area contributed by atoms with E-state index in [2.05, 4.69) is 21.4 Å². The molecular formula is C24H25N5O2. The summed E-state index contributed by atoms with van der Waals surface area (Å²) in [5, 5.41) is 11.8. The summed E-state index contributed by atoms with van der Waals surface area (Å²) in [4.78, 5) is 34.2. The Hall–Kier alpha value is -3.92. The molecule has 2 amide bonds. The number of H-pyrrole nitrogens is 1. The lowest BCUT2D eigenvalue weighted by atomic mass is 10.2. The molecule has 0 aliphatic heterocycles. The van der Waals surface area contributed by atoms with Crippen molar-refractivity contribution in [3.05, 3.63) is 72.7 Å². The summed E-state index contributed by atoms with van der Waals surface area (Å²) in [6.07, 6.45) is 2.09. The number of aromatic nitrogens is 2. The molecule has 7 nitrogen and oxygen atoms in total. The number of nitrogens with zero attached hydrogens (tertiary/aromatic N) is 3. The van der Waals surface area contributed by atoms with Crippen molar-refractivity contribution in [1.82, 2.24) is 15.3 Å². The number of amides is 2. The molecule has 31 heavy (non-hydrogen) atoms. The van der Waals surface area contributed by atoms with Gasteiger partial charge in [-0.1, -0.05) is 48.5 Å². The second kappa shape index (κ2) is 10.7. The van der Waals surface area contributed by atoms with Crippen LogP contribution in [0.5, 0.6) is 0 Å². The Bertz CT molecular complexity index is 1040. The highest BCUT2D eigenvalue weighted by Gasteiger charge is 2.18. The molecular weight excluding hydrogens is 390 g/mol. The summed E-state index contributed by atoms with van der Waals surface area (Å²) in [6.45, 7) is 2.14. The minimum atomic E-state index is -0.316. The fourth-order valence-electron chi connectivity index (χ4n) is 3.23. The molecule has 158 valence electrons. The number of hydrogen-bond acceptors (Lipinski definition) is 4. The van der Waals surface area contributed by atoms with E-state index in [-0.39, 0.29) is 37.1 Å². The number of nitriles is 1. The van der Waals surface area contributed by atoms with Crippen LogP contribution in [-0.4, -0.2) is 28.3 Å². The van der Waals surface area contributed by atoms with Gasteiger partial charge in [0, 0.05) is 25.1 Å². The minimum Gasteiger partial charge on any atom is -0.346 e. The van der Waals surface area contributed by atoms with Crippen LogP contribution in [0.2, 0.25) is 0 Å². The van der Waals surface area contributed by atoms with E-state index in [0.717, 1.165) is 16.9 Å². The summed E-state index contributed by atoms with van der Waals surface area (Å²) in [7, 11) is 0. The normalized spacial score (nSPS) is 11.4. The summed E-state index contributed by atoms with van der Waals surface area (Å²) in [6, 6.07) is 20.7.